The van der Waals surface area contributed by atoms with Crippen LogP contribution in [0, 0.1) is 5.92 Å². The average Bonchev–Trinajstić information content (AvgIpc) is 2.83. The molecule has 70 valence electrons. The molecular formula is C8H18O2Si2. The number of hydrogen-bond acceptors (Lipinski definition) is 2. The zero-order valence-corrected chi connectivity index (χ0v) is 11.2. The second-order valence-corrected chi connectivity index (χ2v) is 7.45. The van der Waals surface area contributed by atoms with Crippen molar-refractivity contribution < 1.29 is 8.85 Å². The minimum absolute atomic E-state index is 0.106. The Morgan fingerprint density at radius 3 is 3.08 bits per heavy atom. The molecule has 2 aliphatic rings. The molecule has 0 N–H and O–H groups in total. The Morgan fingerprint density at radius 2 is 2.33 bits per heavy atom. The smallest absolute Gasteiger partial charge is 0.145 e. The van der Waals surface area contributed by atoms with Gasteiger partial charge in [0.15, 0.2) is 0 Å². The topological polar surface area (TPSA) is 21.8 Å². The van der Waals surface area contributed by atoms with Gasteiger partial charge in [-0.15, -0.1) is 0 Å². The Labute approximate surface area is 79.5 Å². The molecule has 3 atom stereocenters. The van der Waals surface area contributed by atoms with E-state index in [1.54, 1.807) is 0 Å². The van der Waals surface area contributed by atoms with Crippen molar-refractivity contribution in [3.8, 4) is 0 Å². The first kappa shape index (κ1) is 8.93. The van der Waals surface area contributed by atoms with Gasteiger partial charge in [-0.05, 0) is 31.2 Å². The summed E-state index contributed by atoms with van der Waals surface area (Å²) in [6.45, 7) is 0. The van der Waals surface area contributed by atoms with Gasteiger partial charge in [-0.3, -0.25) is 0 Å². The van der Waals surface area contributed by atoms with Crippen molar-refractivity contribution in [1.29, 1.82) is 0 Å². The molecule has 0 aromatic heterocycles. The highest BCUT2D eigenvalue weighted by molar-refractivity contribution is 6.34. The normalized spacial score (nSPS) is 40.5. The molecule has 0 radical (unpaired) electrons. The van der Waals surface area contributed by atoms with E-state index in [9.17, 15) is 0 Å². The second-order valence-electron chi connectivity index (χ2n) is 4.03. The second kappa shape index (κ2) is 4.04. The molecule has 1 saturated heterocycles. The molecular weight excluding hydrogens is 184 g/mol. The highest BCUT2D eigenvalue weighted by Crippen LogP contribution is 2.40. The van der Waals surface area contributed by atoms with Gasteiger partial charge in [0.05, 0.1) is 12.2 Å². The molecule has 1 saturated carbocycles. The van der Waals surface area contributed by atoms with Gasteiger partial charge in [0.2, 0.25) is 0 Å². The third-order valence-electron chi connectivity index (χ3n) is 3.07. The van der Waals surface area contributed by atoms with Crippen molar-refractivity contribution in [2.45, 2.75) is 43.9 Å². The van der Waals surface area contributed by atoms with E-state index in [0.717, 1.165) is 16.4 Å². The molecule has 2 rings (SSSR count). The molecule has 1 heterocycles. The van der Waals surface area contributed by atoms with Crippen LogP contribution in [0.15, 0.2) is 0 Å². The molecule has 1 aliphatic heterocycles. The van der Waals surface area contributed by atoms with Gasteiger partial charge in [-0.25, -0.2) is 0 Å². The molecule has 0 aromatic carbocycles. The molecule has 3 unspecified atom stereocenters. The Morgan fingerprint density at radius 1 is 1.42 bits per heavy atom. The van der Waals surface area contributed by atoms with Gasteiger partial charge in [0, 0.05) is 0 Å². The van der Waals surface area contributed by atoms with Crippen LogP contribution in [0.4, 0.5) is 0 Å². The first-order valence-electron chi connectivity index (χ1n) is 5.04. The minimum atomic E-state index is -0.106. The van der Waals surface area contributed by atoms with Crippen molar-refractivity contribution in [3.05, 3.63) is 0 Å². The van der Waals surface area contributed by atoms with E-state index < -0.39 is 0 Å². The number of ether oxygens (including phenoxy) is 1. The Balaban J connectivity index is 1.61. The van der Waals surface area contributed by atoms with E-state index >= 15 is 0 Å². The molecule has 0 amide bonds. The first-order valence-corrected chi connectivity index (χ1v) is 7.44. The quantitative estimate of drug-likeness (QED) is 0.356. The van der Waals surface area contributed by atoms with Gasteiger partial charge in [-0.1, -0.05) is 6.42 Å². The minimum Gasteiger partial charge on any atom is -0.468 e. The molecule has 0 spiro atoms. The Kier molecular flexibility index (Phi) is 3.01. The number of hydrogen-bond donors (Lipinski definition) is 0. The van der Waals surface area contributed by atoms with Crippen molar-refractivity contribution in [3.63, 3.8) is 0 Å². The van der Waals surface area contributed by atoms with Gasteiger partial charge < -0.3 is 8.85 Å². The summed E-state index contributed by atoms with van der Waals surface area (Å²) in [6, 6.07) is 1.39. The number of epoxide rings is 1. The van der Waals surface area contributed by atoms with Crippen LogP contribution in [0.5, 0.6) is 0 Å². The van der Waals surface area contributed by atoms with E-state index in [1.165, 1.54) is 31.7 Å². The lowest BCUT2D eigenvalue weighted by atomic mass is 9.88. The molecule has 4 heteroatoms. The highest BCUT2D eigenvalue weighted by atomic mass is 28.3. The molecule has 2 fully saturated rings. The van der Waals surface area contributed by atoms with E-state index in [-0.39, 0.29) is 9.76 Å². The maximum absolute atomic E-state index is 5.50. The largest absolute Gasteiger partial charge is 0.468 e. The van der Waals surface area contributed by atoms with Crippen LogP contribution in [-0.4, -0.2) is 32.5 Å². The van der Waals surface area contributed by atoms with E-state index in [1.807, 2.05) is 0 Å². The van der Waals surface area contributed by atoms with Crippen LogP contribution in [0.1, 0.15) is 25.7 Å². The van der Waals surface area contributed by atoms with Crippen LogP contribution < -0.4 is 0 Å². The lowest BCUT2D eigenvalue weighted by Gasteiger charge is -2.17. The summed E-state index contributed by atoms with van der Waals surface area (Å²) in [5, 5.41) is 0. The summed E-state index contributed by atoms with van der Waals surface area (Å²) < 4.78 is 10.8. The van der Waals surface area contributed by atoms with Gasteiger partial charge in [0.25, 0.3) is 0 Å². The zero-order valence-electron chi connectivity index (χ0n) is 7.79. The van der Waals surface area contributed by atoms with E-state index in [4.69, 9.17) is 8.85 Å². The van der Waals surface area contributed by atoms with Crippen molar-refractivity contribution in [1.82, 2.24) is 0 Å². The molecule has 12 heavy (non-hydrogen) atoms. The fraction of sp³-hybridized carbons (Fsp3) is 1.00. The number of fused-ring (bicyclic) bond motifs is 1. The summed E-state index contributed by atoms with van der Waals surface area (Å²) >= 11 is 0. The predicted molar refractivity (Wildman–Crippen MR) is 55.0 cm³/mol. The Hall–Kier alpha value is 0.354. The molecule has 0 bridgehead atoms. The molecule has 2 nitrogen and oxygen atoms in total. The van der Waals surface area contributed by atoms with E-state index in [2.05, 4.69) is 0 Å². The fourth-order valence-electron chi connectivity index (χ4n) is 2.27. The third kappa shape index (κ3) is 2.19. The monoisotopic (exact) mass is 202 g/mol. The summed E-state index contributed by atoms with van der Waals surface area (Å²) in [6.07, 6.45) is 6.85. The average molecular weight is 202 g/mol. The maximum Gasteiger partial charge on any atom is 0.145 e. The van der Waals surface area contributed by atoms with Crippen molar-refractivity contribution in [2.24, 2.45) is 5.92 Å². The molecule has 1 aliphatic carbocycles. The highest BCUT2D eigenvalue weighted by Gasteiger charge is 2.43. The van der Waals surface area contributed by atoms with Gasteiger partial charge >= 0.3 is 0 Å². The fourth-order valence-corrected chi connectivity index (χ4v) is 4.16. The van der Waals surface area contributed by atoms with Crippen LogP contribution in [-0.2, 0) is 8.85 Å². The summed E-state index contributed by atoms with van der Waals surface area (Å²) in [4.78, 5) is 0. The lowest BCUT2D eigenvalue weighted by Crippen LogP contribution is -2.14. The van der Waals surface area contributed by atoms with Gasteiger partial charge in [0.1, 0.15) is 20.2 Å². The first-order chi connectivity index (χ1) is 5.90. The van der Waals surface area contributed by atoms with E-state index in [0.29, 0.717) is 12.2 Å². The van der Waals surface area contributed by atoms with Crippen LogP contribution >= 0.6 is 0 Å². The lowest BCUT2D eigenvalue weighted by molar-refractivity contribution is 0.356. The summed E-state index contributed by atoms with van der Waals surface area (Å²) in [7, 11) is 0.852. The SMILES string of the molecule is [SiH3]O[SiH2]CCC1CCC2OC2C1. The zero-order chi connectivity index (χ0) is 8.39. The van der Waals surface area contributed by atoms with Crippen LogP contribution in [0.3, 0.4) is 0 Å². The Bertz CT molecular complexity index is 154. The number of rotatable bonds is 4. The van der Waals surface area contributed by atoms with Crippen LogP contribution in [0.25, 0.3) is 0 Å². The third-order valence-corrected chi connectivity index (χ3v) is 5.40. The maximum atomic E-state index is 5.50. The summed E-state index contributed by atoms with van der Waals surface area (Å²) in [5.74, 6) is 0.970. The standard InChI is InChI=1S/C8H18O2Si2/c11-10-12-4-3-6-1-2-7-8(5-6)9-7/h6-8H,1-5,12H2,11H3. The van der Waals surface area contributed by atoms with Crippen molar-refractivity contribution in [2.75, 3.05) is 0 Å². The predicted octanol–water partition coefficient (Wildman–Crippen LogP) is -0.257. The van der Waals surface area contributed by atoms with Crippen molar-refractivity contribution >= 4 is 20.2 Å². The van der Waals surface area contributed by atoms with Gasteiger partial charge in [-0.2, -0.15) is 0 Å². The van der Waals surface area contributed by atoms with Crippen LogP contribution in [0.2, 0.25) is 6.04 Å². The summed E-state index contributed by atoms with van der Waals surface area (Å²) in [5.41, 5.74) is 0. The molecule has 0 aromatic rings.